The highest BCUT2D eigenvalue weighted by Gasteiger charge is 2.60. The van der Waals surface area contributed by atoms with Crippen molar-refractivity contribution in [1.29, 1.82) is 0 Å². The van der Waals surface area contributed by atoms with E-state index in [1.807, 2.05) is 0 Å². The molecule has 194 valence electrons. The van der Waals surface area contributed by atoms with Crippen LogP contribution in [0.5, 0.6) is 0 Å². The summed E-state index contributed by atoms with van der Waals surface area (Å²) in [4.78, 5) is 19.4. The number of benzene rings is 3. The largest absolute Gasteiger partial charge is 0.342 e. The second-order valence-electron chi connectivity index (χ2n) is 11.6. The van der Waals surface area contributed by atoms with Crippen LogP contribution in [-0.4, -0.2) is 28.1 Å². The molecule has 1 aromatic heterocycles. The molecular formula is C33H32N6. The molecule has 3 aromatic carbocycles. The summed E-state index contributed by atoms with van der Waals surface area (Å²) in [6, 6.07) is 22.7. The van der Waals surface area contributed by atoms with E-state index in [9.17, 15) is 0 Å². The summed E-state index contributed by atoms with van der Waals surface area (Å²) in [6.07, 6.45) is 8.31. The lowest BCUT2D eigenvalue weighted by Crippen LogP contribution is -2.48. The van der Waals surface area contributed by atoms with E-state index in [1.54, 1.807) is 12.4 Å². The topological polar surface area (TPSA) is 38.7 Å². The van der Waals surface area contributed by atoms with Crippen LogP contribution in [0.25, 0.3) is 0 Å². The zero-order valence-electron chi connectivity index (χ0n) is 23.0. The van der Waals surface area contributed by atoms with Crippen molar-refractivity contribution in [2.24, 2.45) is 0 Å². The molecule has 0 fully saturated rings. The van der Waals surface area contributed by atoms with E-state index < -0.39 is 0 Å². The van der Waals surface area contributed by atoms with Crippen LogP contribution in [0.15, 0.2) is 85.5 Å². The molecule has 0 saturated carbocycles. The standard InChI is InChI=1S/C33H32N6/c1-20-18-21(2)28(22(3)19-20)37-16-17-38-29(23-10-6-8-12-25(23)33(37,38)4)27-24-11-7-9-13-26(24)39-31-30(34-14-15-35-31)36(5)32(27)39/h6-19,27,29,32H,1-5H3/t27?,29-,32?,33?/m1/s1. The third kappa shape index (κ3) is 2.71. The van der Waals surface area contributed by atoms with Gasteiger partial charge >= 0.3 is 0 Å². The van der Waals surface area contributed by atoms with Gasteiger partial charge in [0.15, 0.2) is 11.6 Å². The Bertz CT molecular complexity index is 1670. The van der Waals surface area contributed by atoms with E-state index in [2.05, 4.69) is 127 Å². The van der Waals surface area contributed by atoms with Crippen LogP contribution in [0, 0.1) is 20.8 Å². The third-order valence-corrected chi connectivity index (χ3v) is 9.41. The Balaban J connectivity index is 1.32. The number of hydrogen-bond donors (Lipinski definition) is 0. The Kier molecular flexibility index (Phi) is 4.43. The van der Waals surface area contributed by atoms with Crippen LogP contribution in [0.1, 0.15) is 52.3 Å². The van der Waals surface area contributed by atoms with Gasteiger partial charge in [-0.05, 0) is 56.0 Å². The smallest absolute Gasteiger partial charge is 0.178 e. The van der Waals surface area contributed by atoms with E-state index in [1.165, 1.54) is 44.8 Å². The zero-order chi connectivity index (χ0) is 26.6. The molecule has 0 radical (unpaired) electrons. The molecule has 4 atom stereocenters. The van der Waals surface area contributed by atoms with E-state index in [0.717, 1.165) is 11.6 Å². The van der Waals surface area contributed by atoms with Crippen molar-refractivity contribution in [2.45, 2.75) is 51.5 Å². The number of hydrogen-bond acceptors (Lipinski definition) is 6. The summed E-state index contributed by atoms with van der Waals surface area (Å²) in [5.41, 5.74) is 10.2. The first kappa shape index (κ1) is 22.6. The molecule has 0 spiro atoms. The lowest BCUT2D eigenvalue weighted by Gasteiger charge is -2.44. The average Bonchev–Trinajstić information content (AvgIpc) is 3.60. The first-order valence-corrected chi connectivity index (χ1v) is 13.8. The highest BCUT2D eigenvalue weighted by Crippen LogP contribution is 2.63. The number of para-hydroxylation sites is 1. The number of rotatable bonds is 2. The third-order valence-electron chi connectivity index (χ3n) is 9.41. The molecular weight excluding hydrogens is 480 g/mol. The van der Waals surface area contributed by atoms with E-state index >= 15 is 0 Å². The number of likely N-dealkylation sites (N-methyl/N-ethyl adjacent to an activating group) is 1. The monoisotopic (exact) mass is 512 g/mol. The van der Waals surface area contributed by atoms with Gasteiger partial charge in [0.1, 0.15) is 11.8 Å². The van der Waals surface area contributed by atoms with Gasteiger partial charge in [0.25, 0.3) is 0 Å². The molecule has 5 heterocycles. The van der Waals surface area contributed by atoms with Crippen LogP contribution in [-0.2, 0) is 5.66 Å². The van der Waals surface area contributed by atoms with Crippen molar-refractivity contribution in [3.05, 3.63) is 119 Å². The lowest BCUT2D eigenvalue weighted by atomic mass is 9.86. The Hall–Kier alpha value is -4.32. The van der Waals surface area contributed by atoms with Gasteiger partial charge in [0.2, 0.25) is 0 Å². The molecule has 39 heavy (non-hydrogen) atoms. The molecule has 0 N–H and O–H groups in total. The summed E-state index contributed by atoms with van der Waals surface area (Å²) in [5, 5.41) is 0. The predicted octanol–water partition coefficient (Wildman–Crippen LogP) is 6.63. The maximum Gasteiger partial charge on any atom is 0.178 e. The quantitative estimate of drug-likeness (QED) is 0.300. The molecule has 0 bridgehead atoms. The van der Waals surface area contributed by atoms with Crippen molar-refractivity contribution in [1.82, 2.24) is 14.9 Å². The number of nitrogens with zero attached hydrogens (tertiary/aromatic N) is 6. The Morgan fingerprint density at radius 2 is 1.46 bits per heavy atom. The fraction of sp³-hybridized carbons (Fsp3) is 0.273. The first-order chi connectivity index (χ1) is 18.9. The van der Waals surface area contributed by atoms with Crippen LogP contribution in [0.4, 0.5) is 23.0 Å². The van der Waals surface area contributed by atoms with Crippen LogP contribution in [0.3, 0.4) is 0 Å². The van der Waals surface area contributed by atoms with Gasteiger partial charge in [-0.2, -0.15) is 0 Å². The molecule has 0 amide bonds. The Morgan fingerprint density at radius 1 is 0.795 bits per heavy atom. The molecule has 6 nitrogen and oxygen atoms in total. The highest BCUT2D eigenvalue weighted by atomic mass is 15.5. The van der Waals surface area contributed by atoms with Gasteiger partial charge in [0, 0.05) is 48.8 Å². The number of anilines is 4. The minimum Gasteiger partial charge on any atom is -0.342 e. The van der Waals surface area contributed by atoms with Crippen molar-refractivity contribution in [3.63, 3.8) is 0 Å². The molecule has 3 unspecified atom stereocenters. The maximum absolute atomic E-state index is 4.80. The summed E-state index contributed by atoms with van der Waals surface area (Å²) in [5.74, 6) is 2.08. The van der Waals surface area contributed by atoms with Gasteiger partial charge in [-0.15, -0.1) is 0 Å². The van der Waals surface area contributed by atoms with E-state index in [4.69, 9.17) is 9.97 Å². The van der Waals surface area contributed by atoms with Gasteiger partial charge in [-0.25, -0.2) is 9.97 Å². The summed E-state index contributed by atoms with van der Waals surface area (Å²) in [7, 11) is 2.17. The fourth-order valence-corrected chi connectivity index (χ4v) is 8.04. The highest BCUT2D eigenvalue weighted by molar-refractivity contribution is 5.84. The van der Waals surface area contributed by atoms with Crippen LogP contribution in [0.2, 0.25) is 0 Å². The normalized spacial score (nSPS) is 25.6. The van der Waals surface area contributed by atoms with Crippen LogP contribution >= 0.6 is 0 Å². The molecule has 4 aromatic rings. The molecule has 4 aliphatic rings. The lowest BCUT2D eigenvalue weighted by molar-refractivity contribution is 0.142. The van der Waals surface area contributed by atoms with Crippen molar-refractivity contribution >= 4 is 23.0 Å². The van der Waals surface area contributed by atoms with Gasteiger partial charge < -0.3 is 19.6 Å². The second-order valence-corrected chi connectivity index (χ2v) is 11.6. The molecule has 8 rings (SSSR count). The Labute approximate surface area is 229 Å². The molecule has 0 aliphatic carbocycles. The maximum atomic E-state index is 4.80. The van der Waals surface area contributed by atoms with E-state index in [-0.39, 0.29) is 23.8 Å². The Morgan fingerprint density at radius 3 is 2.23 bits per heavy atom. The average molecular weight is 513 g/mol. The fourth-order valence-electron chi connectivity index (χ4n) is 8.04. The second kappa shape index (κ2) is 7.63. The number of aryl methyl sites for hydroxylation is 3. The molecule has 0 saturated heterocycles. The van der Waals surface area contributed by atoms with Crippen molar-refractivity contribution in [3.8, 4) is 0 Å². The summed E-state index contributed by atoms with van der Waals surface area (Å²) in [6.45, 7) is 9.05. The number of fused-ring (bicyclic) bond motifs is 8. The molecule has 4 aliphatic heterocycles. The molecule has 6 heteroatoms. The van der Waals surface area contributed by atoms with Crippen molar-refractivity contribution < 1.29 is 0 Å². The summed E-state index contributed by atoms with van der Waals surface area (Å²) < 4.78 is 0. The number of aromatic nitrogens is 2. The van der Waals surface area contributed by atoms with Crippen LogP contribution < -0.4 is 14.7 Å². The van der Waals surface area contributed by atoms with E-state index in [0.29, 0.717) is 0 Å². The van der Waals surface area contributed by atoms with Gasteiger partial charge in [0.05, 0.1) is 12.0 Å². The SMILES string of the molecule is Cc1cc(C)c(N2C=CN3[C@@H](C4c5ccccc5N5c6nccnc6N(C)C45)c4ccccc4C23C)c(C)c1. The minimum atomic E-state index is -0.338. The minimum absolute atomic E-state index is 0.0884. The first-order valence-electron chi connectivity index (χ1n) is 13.8. The zero-order valence-corrected chi connectivity index (χ0v) is 23.0. The van der Waals surface area contributed by atoms with Gasteiger partial charge in [-0.3, -0.25) is 0 Å². The van der Waals surface area contributed by atoms with Gasteiger partial charge in [-0.1, -0.05) is 60.2 Å². The predicted molar refractivity (Wildman–Crippen MR) is 156 cm³/mol. The summed E-state index contributed by atoms with van der Waals surface area (Å²) >= 11 is 0. The van der Waals surface area contributed by atoms with Crippen molar-refractivity contribution in [2.75, 3.05) is 21.7 Å².